The van der Waals surface area contributed by atoms with Crippen molar-refractivity contribution in [3.63, 3.8) is 0 Å². The molecule has 1 aliphatic rings. The number of rotatable bonds is 10. The summed E-state index contributed by atoms with van der Waals surface area (Å²) >= 11 is 0. The van der Waals surface area contributed by atoms with Gasteiger partial charge in [0.2, 0.25) is 0 Å². The highest BCUT2D eigenvalue weighted by Gasteiger charge is 2.25. The van der Waals surface area contributed by atoms with Crippen molar-refractivity contribution >= 4 is 17.0 Å². The lowest BCUT2D eigenvalue weighted by atomic mass is 9.79. The highest BCUT2D eigenvalue weighted by molar-refractivity contribution is 5.80. The monoisotopic (exact) mass is 541 g/mol. The van der Waals surface area contributed by atoms with Gasteiger partial charge in [-0.2, -0.15) is 0 Å². The quantitative estimate of drug-likeness (QED) is 0.210. The van der Waals surface area contributed by atoms with Crippen LogP contribution in [-0.4, -0.2) is 37.1 Å². The van der Waals surface area contributed by atoms with Crippen molar-refractivity contribution in [3.8, 4) is 0 Å². The van der Waals surface area contributed by atoms with Gasteiger partial charge in [-0.3, -0.25) is 4.79 Å². The number of carbonyl (C=O) groups excluding carboxylic acids is 1. The van der Waals surface area contributed by atoms with Gasteiger partial charge in [0.15, 0.2) is 0 Å². The Morgan fingerprint density at radius 3 is 2.60 bits per heavy atom. The maximum atomic E-state index is 12.8. The molecule has 0 N–H and O–H groups in total. The summed E-state index contributed by atoms with van der Waals surface area (Å²) in [5, 5.41) is 8.62. The van der Waals surface area contributed by atoms with Crippen LogP contribution in [-0.2, 0) is 29.5 Å². The fourth-order valence-electron chi connectivity index (χ4n) is 6.46. The zero-order valence-electron chi connectivity index (χ0n) is 24.7. The lowest BCUT2D eigenvalue weighted by molar-refractivity contribution is -0.143. The fraction of sp³-hybridized carbons (Fsp3) is 0.515. The van der Waals surface area contributed by atoms with Gasteiger partial charge in [0.05, 0.1) is 18.5 Å². The summed E-state index contributed by atoms with van der Waals surface area (Å²) in [5.41, 5.74) is 7.59. The summed E-state index contributed by atoms with van der Waals surface area (Å²) in [7, 11) is 1.90. The molecule has 7 nitrogen and oxygen atoms in total. The van der Waals surface area contributed by atoms with Crippen LogP contribution in [0.25, 0.3) is 11.0 Å². The van der Waals surface area contributed by atoms with Crippen molar-refractivity contribution < 1.29 is 9.53 Å². The normalized spacial score (nSPS) is 18.2. The first-order valence-electron chi connectivity index (χ1n) is 14.9. The van der Waals surface area contributed by atoms with E-state index in [2.05, 4.69) is 72.2 Å². The number of ether oxygens (including phenoxy) is 1. The second-order valence-electron chi connectivity index (χ2n) is 11.6. The fourth-order valence-corrected chi connectivity index (χ4v) is 6.46. The third-order valence-corrected chi connectivity index (χ3v) is 9.06. The van der Waals surface area contributed by atoms with Crippen molar-refractivity contribution in [1.29, 1.82) is 0 Å². The zero-order chi connectivity index (χ0) is 28.2. The largest absolute Gasteiger partial charge is 0.466 e. The van der Waals surface area contributed by atoms with Gasteiger partial charge >= 0.3 is 5.97 Å². The van der Waals surface area contributed by atoms with Crippen LogP contribution < -0.4 is 0 Å². The summed E-state index contributed by atoms with van der Waals surface area (Å²) in [6, 6.07) is 10.8. The second-order valence-corrected chi connectivity index (χ2v) is 11.6. The molecule has 1 unspecified atom stereocenters. The summed E-state index contributed by atoms with van der Waals surface area (Å²) < 4.78 is 9.51. The molecule has 1 saturated carbocycles. The SMILES string of the molecule is CCOC(=O)CC(c1ccc(C)c(Cn2ccnc2CC2CCC(CC)CC2)c1)c1ccc2c(nnn2C)c1C. The molecule has 1 atom stereocenters. The Bertz CT molecular complexity index is 1460. The van der Waals surface area contributed by atoms with Crippen molar-refractivity contribution in [1.82, 2.24) is 24.5 Å². The van der Waals surface area contributed by atoms with Gasteiger partial charge in [-0.05, 0) is 79.3 Å². The number of carbonyl (C=O) groups is 1. The number of aromatic nitrogens is 5. The van der Waals surface area contributed by atoms with Gasteiger partial charge in [0, 0.05) is 38.3 Å². The molecule has 2 heterocycles. The predicted octanol–water partition coefficient (Wildman–Crippen LogP) is 6.67. The Balaban J connectivity index is 1.43. The van der Waals surface area contributed by atoms with E-state index in [1.807, 2.05) is 20.2 Å². The minimum atomic E-state index is -0.192. The van der Waals surface area contributed by atoms with Crippen LogP contribution in [0.1, 0.15) is 91.9 Å². The van der Waals surface area contributed by atoms with E-state index < -0.39 is 0 Å². The number of imidazole rings is 1. The molecule has 212 valence electrons. The third-order valence-electron chi connectivity index (χ3n) is 9.06. The molecule has 40 heavy (non-hydrogen) atoms. The van der Waals surface area contributed by atoms with E-state index in [-0.39, 0.29) is 18.3 Å². The van der Waals surface area contributed by atoms with E-state index in [4.69, 9.17) is 9.72 Å². The molecule has 2 aromatic carbocycles. The van der Waals surface area contributed by atoms with E-state index in [1.54, 1.807) is 4.68 Å². The van der Waals surface area contributed by atoms with Gasteiger partial charge in [0.25, 0.3) is 0 Å². The lowest BCUT2D eigenvalue weighted by Crippen LogP contribution is -2.18. The average molecular weight is 542 g/mol. The molecule has 0 aliphatic heterocycles. The van der Waals surface area contributed by atoms with Gasteiger partial charge in [0.1, 0.15) is 11.3 Å². The zero-order valence-corrected chi connectivity index (χ0v) is 24.7. The highest BCUT2D eigenvalue weighted by Crippen LogP contribution is 2.35. The average Bonchev–Trinajstić information content (AvgIpc) is 3.56. The summed E-state index contributed by atoms with van der Waals surface area (Å²) in [6.07, 6.45) is 12.0. The number of hydrogen-bond donors (Lipinski definition) is 0. The Labute approximate surface area is 237 Å². The van der Waals surface area contributed by atoms with Crippen molar-refractivity contribution in [2.45, 2.75) is 85.1 Å². The van der Waals surface area contributed by atoms with Crippen LogP contribution in [0, 0.1) is 25.7 Å². The van der Waals surface area contributed by atoms with E-state index in [0.29, 0.717) is 6.61 Å². The molecule has 0 amide bonds. The number of esters is 1. The molecule has 0 saturated heterocycles. The number of benzene rings is 2. The molecule has 7 heteroatoms. The first-order chi connectivity index (χ1) is 19.4. The summed E-state index contributed by atoms with van der Waals surface area (Å²) in [6.45, 7) is 9.56. The Hall–Kier alpha value is -3.48. The minimum Gasteiger partial charge on any atom is -0.466 e. The van der Waals surface area contributed by atoms with E-state index in [1.165, 1.54) is 49.1 Å². The Morgan fingerprint density at radius 2 is 1.85 bits per heavy atom. The molecule has 0 bridgehead atoms. The molecule has 0 radical (unpaired) electrons. The maximum absolute atomic E-state index is 12.8. The number of nitrogens with zero attached hydrogens (tertiary/aromatic N) is 5. The first-order valence-corrected chi connectivity index (χ1v) is 14.9. The molecule has 5 rings (SSSR count). The molecule has 0 spiro atoms. The van der Waals surface area contributed by atoms with Crippen molar-refractivity contribution in [3.05, 3.63) is 76.4 Å². The van der Waals surface area contributed by atoms with E-state index in [9.17, 15) is 4.79 Å². The van der Waals surface area contributed by atoms with Crippen LogP contribution in [0.2, 0.25) is 0 Å². The molecule has 2 aromatic heterocycles. The second kappa shape index (κ2) is 12.4. The van der Waals surface area contributed by atoms with Gasteiger partial charge < -0.3 is 9.30 Å². The summed E-state index contributed by atoms with van der Waals surface area (Å²) in [4.78, 5) is 17.6. The number of fused-ring (bicyclic) bond motifs is 1. The maximum Gasteiger partial charge on any atom is 0.306 e. The van der Waals surface area contributed by atoms with Crippen molar-refractivity contribution in [2.75, 3.05) is 6.61 Å². The first kappa shape index (κ1) is 28.1. The third kappa shape index (κ3) is 5.98. The van der Waals surface area contributed by atoms with Crippen LogP contribution in [0.3, 0.4) is 0 Å². The topological polar surface area (TPSA) is 74.8 Å². The van der Waals surface area contributed by atoms with Gasteiger partial charge in [-0.1, -0.05) is 55.7 Å². The van der Waals surface area contributed by atoms with E-state index >= 15 is 0 Å². The number of aryl methyl sites for hydroxylation is 3. The standard InChI is InChI=1S/C33H43N5O2/c1-6-24-9-11-25(12-10-24)18-31-34-16-17-38(31)21-27-19-26(13-8-22(27)3)29(20-32(39)40-7-2)28-14-15-30-33(23(28)4)35-36-37(30)5/h8,13-17,19,24-25,29H,6-7,9-12,18,20-21H2,1-5H3. The molecular weight excluding hydrogens is 498 g/mol. The molecule has 4 aromatic rings. The van der Waals surface area contributed by atoms with Crippen LogP contribution in [0.5, 0.6) is 0 Å². The van der Waals surface area contributed by atoms with Crippen LogP contribution in [0.4, 0.5) is 0 Å². The minimum absolute atomic E-state index is 0.138. The Morgan fingerprint density at radius 1 is 1.07 bits per heavy atom. The predicted molar refractivity (Wildman–Crippen MR) is 158 cm³/mol. The van der Waals surface area contributed by atoms with Gasteiger partial charge in [-0.15, -0.1) is 5.10 Å². The highest BCUT2D eigenvalue weighted by atomic mass is 16.5. The molecular formula is C33H43N5O2. The summed E-state index contributed by atoms with van der Waals surface area (Å²) in [5.74, 6) is 2.48. The molecule has 1 aliphatic carbocycles. The van der Waals surface area contributed by atoms with E-state index in [0.717, 1.165) is 52.5 Å². The smallest absolute Gasteiger partial charge is 0.306 e. The number of hydrogen-bond acceptors (Lipinski definition) is 5. The van der Waals surface area contributed by atoms with Crippen LogP contribution in [0.15, 0.2) is 42.7 Å². The van der Waals surface area contributed by atoms with Crippen LogP contribution >= 0.6 is 0 Å². The van der Waals surface area contributed by atoms with Crippen molar-refractivity contribution in [2.24, 2.45) is 18.9 Å². The lowest BCUT2D eigenvalue weighted by Gasteiger charge is -2.27. The Kier molecular flexibility index (Phi) is 8.67. The molecule has 1 fully saturated rings. The van der Waals surface area contributed by atoms with Gasteiger partial charge in [-0.25, -0.2) is 9.67 Å².